The first-order chi connectivity index (χ1) is 20.1. The minimum Gasteiger partial charge on any atom is -0.355 e. The molecule has 224 valence electrons. The Balaban J connectivity index is 1.45. The largest absolute Gasteiger partial charge is 0.355 e. The fourth-order valence-electron chi connectivity index (χ4n) is 5.95. The van der Waals surface area contributed by atoms with Crippen molar-refractivity contribution in [3.63, 3.8) is 0 Å². The molecule has 2 aromatic carbocycles. The molecule has 9 nitrogen and oxygen atoms in total. The Kier molecular flexibility index (Phi) is 9.13. The topological polar surface area (TPSA) is 99.6 Å². The Morgan fingerprint density at radius 1 is 1.14 bits per heavy atom. The van der Waals surface area contributed by atoms with E-state index in [1.807, 2.05) is 44.0 Å². The van der Waals surface area contributed by atoms with Crippen LogP contribution in [0.15, 0.2) is 36.4 Å². The molecule has 3 amide bonds. The van der Waals surface area contributed by atoms with Crippen LogP contribution >= 0.6 is 11.6 Å². The summed E-state index contributed by atoms with van der Waals surface area (Å²) in [5.41, 5.74) is 2.43. The van der Waals surface area contributed by atoms with Crippen LogP contribution < -0.4 is 10.6 Å². The molecule has 0 unspecified atom stereocenters. The molecular weight excluding hydrogens is 559 g/mol. The first-order valence-corrected chi connectivity index (χ1v) is 15.0. The van der Waals surface area contributed by atoms with Crippen molar-refractivity contribution < 1.29 is 18.8 Å². The molecule has 42 heavy (non-hydrogen) atoms. The zero-order chi connectivity index (χ0) is 30.0. The molecule has 2 bridgehead atoms. The van der Waals surface area contributed by atoms with Crippen LogP contribution in [0.2, 0.25) is 5.02 Å². The van der Waals surface area contributed by atoms with E-state index in [9.17, 15) is 18.8 Å². The zero-order valence-electron chi connectivity index (χ0n) is 24.3. The van der Waals surface area contributed by atoms with Crippen molar-refractivity contribution in [2.75, 3.05) is 26.2 Å². The lowest BCUT2D eigenvalue weighted by Gasteiger charge is -2.32. The summed E-state index contributed by atoms with van der Waals surface area (Å²) in [6, 6.07) is 9.20. The number of hydrogen-bond acceptors (Lipinski definition) is 5. The first-order valence-electron chi connectivity index (χ1n) is 14.6. The van der Waals surface area contributed by atoms with Gasteiger partial charge < -0.3 is 15.5 Å². The van der Waals surface area contributed by atoms with Gasteiger partial charge in [0.15, 0.2) is 0 Å². The first kappa shape index (κ1) is 30.0. The molecule has 11 heteroatoms. The van der Waals surface area contributed by atoms with Crippen LogP contribution in [0.4, 0.5) is 4.39 Å². The number of nitrogens with zero attached hydrogens (tertiary/aromatic N) is 4. The van der Waals surface area contributed by atoms with E-state index in [2.05, 4.69) is 10.6 Å². The number of benzene rings is 2. The number of carbonyl (C=O) groups excluding carboxylic acids is 3. The number of aryl methyl sites for hydroxylation is 2. The molecule has 3 aromatic rings. The van der Waals surface area contributed by atoms with Gasteiger partial charge in [0.1, 0.15) is 11.9 Å². The van der Waals surface area contributed by atoms with Gasteiger partial charge in [-0.3, -0.25) is 24.0 Å². The Bertz CT molecular complexity index is 1490. The second-order valence-electron chi connectivity index (χ2n) is 11.7. The molecule has 2 N–H and O–H groups in total. The third-order valence-corrected chi connectivity index (χ3v) is 8.58. The second kappa shape index (κ2) is 12.8. The van der Waals surface area contributed by atoms with Gasteiger partial charge in [-0.1, -0.05) is 37.6 Å². The van der Waals surface area contributed by atoms with E-state index in [0.29, 0.717) is 56.9 Å². The number of carbonyl (C=O) groups is 3. The lowest BCUT2D eigenvalue weighted by Crippen LogP contribution is -2.53. The Hall–Kier alpha value is -3.50. The standard InChI is InChI=1S/C31H38ClFN6O3/c1-19(2)24-16-38(17-25-29-22(32)8-4-9-26(29)37(3)36-25)18-28(40)34-13-5-7-20-11-12-23(33)21(15-20)31(42)39-14-6-10-27(39)30(41)35-24/h4,8-9,11-12,15,19,24,27H,5-7,10,13-14,16-18H2,1-3H3,(H,34,40)(H,35,41)/t24-,27-/m0/s1. The molecule has 0 radical (unpaired) electrons. The number of nitrogens with one attached hydrogen (secondary N) is 2. The summed E-state index contributed by atoms with van der Waals surface area (Å²) >= 11 is 6.58. The van der Waals surface area contributed by atoms with E-state index < -0.39 is 17.8 Å². The summed E-state index contributed by atoms with van der Waals surface area (Å²) in [7, 11) is 1.86. The fourth-order valence-corrected chi connectivity index (χ4v) is 6.23. The molecule has 2 aliphatic heterocycles. The average molecular weight is 597 g/mol. The lowest BCUT2D eigenvalue weighted by molar-refractivity contribution is -0.126. The highest BCUT2D eigenvalue weighted by atomic mass is 35.5. The van der Waals surface area contributed by atoms with Gasteiger partial charge in [-0.2, -0.15) is 5.10 Å². The molecule has 1 fully saturated rings. The number of aromatic nitrogens is 2. The van der Waals surface area contributed by atoms with E-state index in [0.717, 1.165) is 22.2 Å². The number of rotatable bonds is 3. The van der Waals surface area contributed by atoms with Crippen LogP contribution in [0.25, 0.3) is 10.9 Å². The minimum absolute atomic E-state index is 0.0200. The zero-order valence-corrected chi connectivity index (χ0v) is 25.1. The van der Waals surface area contributed by atoms with E-state index in [4.69, 9.17) is 16.7 Å². The quantitative estimate of drug-likeness (QED) is 0.481. The number of halogens is 2. The van der Waals surface area contributed by atoms with Crippen molar-refractivity contribution >= 4 is 40.2 Å². The lowest BCUT2D eigenvalue weighted by atomic mass is 10.0. The molecule has 0 spiro atoms. The van der Waals surface area contributed by atoms with Gasteiger partial charge in [-0.05, 0) is 61.4 Å². The summed E-state index contributed by atoms with van der Waals surface area (Å²) < 4.78 is 16.6. The van der Waals surface area contributed by atoms with E-state index in [1.165, 1.54) is 11.0 Å². The predicted octanol–water partition coefficient (Wildman–Crippen LogP) is 3.68. The highest BCUT2D eigenvalue weighted by Crippen LogP contribution is 2.28. The number of hydrogen-bond donors (Lipinski definition) is 2. The normalized spacial score (nSPS) is 21.4. The van der Waals surface area contributed by atoms with Crippen LogP contribution in [-0.2, 0) is 29.6 Å². The molecular formula is C31H38ClFN6O3. The maximum Gasteiger partial charge on any atom is 0.257 e. The maximum absolute atomic E-state index is 14.8. The van der Waals surface area contributed by atoms with Crippen molar-refractivity contribution in [3.8, 4) is 0 Å². The highest BCUT2D eigenvalue weighted by molar-refractivity contribution is 6.35. The molecule has 1 saturated heterocycles. The smallest absolute Gasteiger partial charge is 0.257 e. The van der Waals surface area contributed by atoms with E-state index >= 15 is 0 Å². The van der Waals surface area contributed by atoms with Gasteiger partial charge in [-0.15, -0.1) is 0 Å². The van der Waals surface area contributed by atoms with Crippen molar-refractivity contribution in [1.29, 1.82) is 0 Å². The minimum atomic E-state index is -0.687. The Morgan fingerprint density at radius 3 is 2.74 bits per heavy atom. The predicted molar refractivity (Wildman–Crippen MR) is 160 cm³/mol. The van der Waals surface area contributed by atoms with Gasteiger partial charge in [0.05, 0.1) is 28.3 Å². The van der Waals surface area contributed by atoms with Crippen molar-refractivity contribution in [2.45, 2.75) is 58.2 Å². The molecule has 3 heterocycles. The van der Waals surface area contributed by atoms with Crippen molar-refractivity contribution in [3.05, 3.63) is 64.1 Å². The maximum atomic E-state index is 14.8. The second-order valence-corrected chi connectivity index (χ2v) is 12.1. The third-order valence-electron chi connectivity index (χ3n) is 8.27. The molecule has 0 saturated carbocycles. The summed E-state index contributed by atoms with van der Waals surface area (Å²) in [6.07, 6.45) is 2.38. The van der Waals surface area contributed by atoms with Gasteiger partial charge in [0, 0.05) is 44.7 Å². The third kappa shape index (κ3) is 6.44. The monoisotopic (exact) mass is 596 g/mol. The fraction of sp³-hybridized carbons (Fsp3) is 0.484. The van der Waals surface area contributed by atoms with Gasteiger partial charge in [-0.25, -0.2) is 4.39 Å². The average Bonchev–Trinajstić information content (AvgIpc) is 3.56. The van der Waals surface area contributed by atoms with Gasteiger partial charge in [0.2, 0.25) is 11.8 Å². The van der Waals surface area contributed by atoms with Gasteiger partial charge >= 0.3 is 0 Å². The number of fused-ring (bicyclic) bond motifs is 4. The molecule has 5 rings (SSSR count). The van der Waals surface area contributed by atoms with Crippen LogP contribution in [0.5, 0.6) is 0 Å². The van der Waals surface area contributed by atoms with Crippen LogP contribution in [-0.4, -0.2) is 75.6 Å². The van der Waals surface area contributed by atoms with Gasteiger partial charge in [0.25, 0.3) is 5.91 Å². The molecule has 0 aliphatic carbocycles. The number of amides is 3. The van der Waals surface area contributed by atoms with E-state index in [-0.39, 0.29) is 35.9 Å². The van der Waals surface area contributed by atoms with Crippen LogP contribution in [0, 0.1) is 11.7 Å². The van der Waals surface area contributed by atoms with Crippen LogP contribution in [0.3, 0.4) is 0 Å². The van der Waals surface area contributed by atoms with Crippen molar-refractivity contribution in [1.82, 2.24) is 30.2 Å². The Morgan fingerprint density at radius 2 is 1.95 bits per heavy atom. The molecule has 2 aliphatic rings. The summed E-state index contributed by atoms with van der Waals surface area (Å²) in [4.78, 5) is 43.7. The highest BCUT2D eigenvalue weighted by Gasteiger charge is 2.37. The van der Waals surface area contributed by atoms with Crippen LogP contribution in [0.1, 0.15) is 54.7 Å². The summed E-state index contributed by atoms with van der Waals surface area (Å²) in [6.45, 7) is 5.70. The van der Waals surface area contributed by atoms with E-state index in [1.54, 1.807) is 16.8 Å². The Labute approximate surface area is 250 Å². The molecule has 2 atom stereocenters. The summed E-state index contributed by atoms with van der Waals surface area (Å²) in [5.74, 6) is -1.44. The van der Waals surface area contributed by atoms with Crippen molar-refractivity contribution in [2.24, 2.45) is 13.0 Å². The molecule has 1 aromatic heterocycles. The SMILES string of the molecule is CC(C)[C@@H]1CN(Cc2nn(C)c3cccc(Cl)c23)CC(=O)NCCCc2ccc(F)c(c2)C(=O)N2CCC[C@H]2C(=O)N1. The summed E-state index contributed by atoms with van der Waals surface area (Å²) in [5, 5.41) is 12.3.